The number of hydrogen-bond donors (Lipinski definition) is 0. The number of allylic oxidation sites excluding steroid dienone is 12. The quantitative estimate of drug-likeness (QED) is 0.160. The maximum absolute atomic E-state index is 5.61. The first-order chi connectivity index (χ1) is 34.7. The maximum atomic E-state index is 5.61. The molecule has 3 aromatic heterocycles. The predicted octanol–water partition coefficient (Wildman–Crippen LogP) is 16.0. The number of anilines is 1. The summed E-state index contributed by atoms with van der Waals surface area (Å²) >= 11 is 0. The molecule has 0 fully saturated rings. The molecule has 6 nitrogen and oxygen atoms in total. The maximum Gasteiger partial charge on any atom is 0.238 e. The summed E-state index contributed by atoms with van der Waals surface area (Å²) in [5.74, 6) is 1.78. The Balaban J connectivity index is 1.08. The van der Waals surface area contributed by atoms with E-state index in [0.29, 0.717) is 24.0 Å². The molecule has 334 valence electrons. The summed E-state index contributed by atoms with van der Waals surface area (Å²) in [7, 11) is 0. The Bertz CT molecular complexity index is 3930. The normalized spacial score (nSPS) is 15.9. The van der Waals surface area contributed by atoms with E-state index >= 15 is 0 Å². The molecule has 0 amide bonds. The molecular formula is C64H48N6. The van der Waals surface area contributed by atoms with E-state index in [2.05, 4.69) is 221 Å². The van der Waals surface area contributed by atoms with Gasteiger partial charge >= 0.3 is 0 Å². The number of benzene rings is 7. The molecule has 0 saturated heterocycles. The smallest absolute Gasteiger partial charge is 0.238 e. The second kappa shape index (κ2) is 17.3. The van der Waals surface area contributed by atoms with Crippen LogP contribution in [0.25, 0.3) is 94.7 Å². The van der Waals surface area contributed by atoms with Gasteiger partial charge in [-0.05, 0) is 96.4 Å². The molecule has 0 saturated carbocycles. The van der Waals surface area contributed by atoms with Crippen LogP contribution in [-0.2, 0) is 6.42 Å². The van der Waals surface area contributed by atoms with Gasteiger partial charge in [-0.25, -0.2) is 4.98 Å². The topological polar surface area (TPSA) is 51.8 Å². The van der Waals surface area contributed by atoms with Crippen LogP contribution >= 0.6 is 0 Å². The summed E-state index contributed by atoms with van der Waals surface area (Å²) in [6.45, 7) is 4.58. The van der Waals surface area contributed by atoms with Gasteiger partial charge in [0.25, 0.3) is 0 Å². The molecule has 13 rings (SSSR count). The Labute approximate surface area is 407 Å². The number of aromatic nitrogens is 5. The second-order valence-corrected chi connectivity index (χ2v) is 18.2. The number of para-hydroxylation sites is 2. The van der Waals surface area contributed by atoms with Crippen molar-refractivity contribution in [2.75, 3.05) is 4.90 Å². The van der Waals surface area contributed by atoms with E-state index < -0.39 is 0 Å². The fourth-order valence-corrected chi connectivity index (χ4v) is 10.9. The van der Waals surface area contributed by atoms with Gasteiger partial charge in [0.2, 0.25) is 5.95 Å². The lowest BCUT2D eigenvalue weighted by molar-refractivity contribution is 0.898. The van der Waals surface area contributed by atoms with Crippen LogP contribution in [0.4, 0.5) is 5.69 Å². The largest absolute Gasteiger partial charge is 0.315 e. The van der Waals surface area contributed by atoms with E-state index in [1.165, 1.54) is 38.7 Å². The van der Waals surface area contributed by atoms with E-state index in [1.807, 2.05) is 18.2 Å². The fraction of sp³-hybridized carbons (Fsp3) is 0.0781. The lowest BCUT2D eigenvalue weighted by Crippen LogP contribution is -2.22. The first kappa shape index (κ1) is 41.3. The van der Waals surface area contributed by atoms with Gasteiger partial charge in [0, 0.05) is 49.8 Å². The van der Waals surface area contributed by atoms with Crippen molar-refractivity contribution < 1.29 is 0 Å². The molecular weight excluding hydrogens is 853 g/mol. The number of hydrogen-bond acceptors (Lipinski definition) is 4. The SMILES string of the molecule is C=C1/C=C\C=C/Cc2c(-c3nc(-c4ccccc4)nc(-n4c5ccccc5c5ccc6c7ccccc7n(C7=CCCC(c8ccccc8-c8ccccc8)=C7)c6c54)n3)cccc2N1C1=CC=CCC1. The Hall–Kier alpha value is -8.87. The van der Waals surface area contributed by atoms with Crippen LogP contribution in [0, 0.1) is 0 Å². The van der Waals surface area contributed by atoms with Gasteiger partial charge in [0.1, 0.15) is 0 Å². The summed E-state index contributed by atoms with van der Waals surface area (Å²) in [6.07, 6.45) is 24.4. The Morgan fingerprint density at radius 2 is 1.14 bits per heavy atom. The molecule has 0 unspecified atom stereocenters. The third-order valence-electron chi connectivity index (χ3n) is 14.1. The van der Waals surface area contributed by atoms with Crippen LogP contribution in [0.1, 0.15) is 36.8 Å². The second-order valence-electron chi connectivity index (χ2n) is 18.2. The minimum atomic E-state index is 0.560. The summed E-state index contributed by atoms with van der Waals surface area (Å²) in [5.41, 5.74) is 16.7. The zero-order valence-electron chi connectivity index (χ0n) is 38.7. The number of fused-ring (bicyclic) bond motifs is 8. The lowest BCUT2D eigenvalue weighted by Gasteiger charge is -2.31. The van der Waals surface area contributed by atoms with Crippen molar-refractivity contribution in [3.8, 4) is 39.9 Å². The van der Waals surface area contributed by atoms with Crippen molar-refractivity contribution in [3.63, 3.8) is 0 Å². The first-order valence-corrected chi connectivity index (χ1v) is 24.3. The molecule has 0 radical (unpaired) electrons. The van der Waals surface area contributed by atoms with Crippen molar-refractivity contribution in [1.29, 1.82) is 0 Å². The van der Waals surface area contributed by atoms with E-state index in [-0.39, 0.29) is 0 Å². The van der Waals surface area contributed by atoms with Crippen molar-refractivity contribution in [2.45, 2.75) is 32.1 Å². The van der Waals surface area contributed by atoms with Crippen LogP contribution in [0.2, 0.25) is 0 Å². The van der Waals surface area contributed by atoms with Gasteiger partial charge in [0.05, 0.1) is 27.8 Å². The van der Waals surface area contributed by atoms with Crippen LogP contribution in [-0.4, -0.2) is 24.1 Å². The Morgan fingerprint density at radius 3 is 1.90 bits per heavy atom. The molecule has 0 spiro atoms. The zero-order valence-corrected chi connectivity index (χ0v) is 38.7. The van der Waals surface area contributed by atoms with Gasteiger partial charge in [-0.3, -0.25) is 4.57 Å². The highest BCUT2D eigenvalue weighted by Crippen LogP contribution is 2.44. The Morgan fingerprint density at radius 1 is 0.486 bits per heavy atom. The molecule has 2 aliphatic carbocycles. The summed E-state index contributed by atoms with van der Waals surface area (Å²) in [6, 6.07) is 58.5. The molecule has 0 bridgehead atoms. The molecule has 3 aliphatic rings. The summed E-state index contributed by atoms with van der Waals surface area (Å²) < 4.78 is 4.79. The van der Waals surface area contributed by atoms with Gasteiger partial charge in [-0.2, -0.15) is 9.97 Å². The molecule has 70 heavy (non-hydrogen) atoms. The summed E-state index contributed by atoms with van der Waals surface area (Å²) in [5, 5.41) is 4.63. The van der Waals surface area contributed by atoms with Crippen molar-refractivity contribution in [2.24, 2.45) is 0 Å². The molecule has 6 heteroatoms. The Kier molecular flexibility index (Phi) is 10.2. The van der Waals surface area contributed by atoms with Crippen LogP contribution in [0.15, 0.2) is 236 Å². The first-order valence-electron chi connectivity index (χ1n) is 24.3. The standard InChI is InChI=1S/C64H48N6/c1-43-22-6-2-13-33-53-56(36-21-39-57(53)68(43)47-28-11-5-12-29-47)63-65-62(45-25-9-4-10-26-45)66-64(67-63)70-59-38-19-17-35-52(59)55-41-40-54-51-34-16-18-37-58(51)69(60(54)61(55)70)48-30-20-27-46(42-48)50-32-15-14-31-49(50)44-23-7-3-8-24-44/h2-11,13-19,21-26,28,30-32,34-42H,1,12,20,27,29,33H2/b13-2-,22-6-. The molecule has 0 N–H and O–H groups in total. The van der Waals surface area contributed by atoms with Gasteiger partial charge in [0.15, 0.2) is 11.6 Å². The summed E-state index contributed by atoms with van der Waals surface area (Å²) in [4.78, 5) is 18.8. The highest BCUT2D eigenvalue weighted by Gasteiger charge is 2.27. The van der Waals surface area contributed by atoms with Crippen LogP contribution in [0.5, 0.6) is 0 Å². The van der Waals surface area contributed by atoms with Gasteiger partial charge in [-0.15, -0.1) is 0 Å². The molecule has 4 heterocycles. The van der Waals surface area contributed by atoms with Crippen molar-refractivity contribution in [3.05, 3.63) is 248 Å². The lowest BCUT2D eigenvalue weighted by atomic mass is 9.89. The number of nitrogens with zero attached hydrogens (tertiary/aromatic N) is 6. The van der Waals surface area contributed by atoms with Crippen LogP contribution < -0.4 is 4.90 Å². The zero-order chi connectivity index (χ0) is 46.5. The monoisotopic (exact) mass is 900 g/mol. The van der Waals surface area contributed by atoms with Crippen LogP contribution in [0.3, 0.4) is 0 Å². The van der Waals surface area contributed by atoms with Gasteiger partial charge < -0.3 is 9.47 Å². The van der Waals surface area contributed by atoms with E-state index in [0.717, 1.165) is 92.3 Å². The highest BCUT2D eigenvalue weighted by atomic mass is 15.2. The minimum absolute atomic E-state index is 0.560. The molecule has 7 aromatic carbocycles. The molecule has 10 aromatic rings. The molecule has 0 atom stereocenters. The predicted molar refractivity (Wildman–Crippen MR) is 291 cm³/mol. The molecule has 1 aliphatic heterocycles. The highest BCUT2D eigenvalue weighted by molar-refractivity contribution is 6.24. The third kappa shape index (κ3) is 6.99. The number of rotatable bonds is 7. The average Bonchev–Trinajstić information content (AvgIpc) is 3.97. The average molecular weight is 901 g/mol. The van der Waals surface area contributed by atoms with Gasteiger partial charge in [-0.1, -0.05) is 189 Å². The van der Waals surface area contributed by atoms with Crippen molar-refractivity contribution in [1.82, 2.24) is 24.1 Å². The van der Waals surface area contributed by atoms with E-state index in [9.17, 15) is 0 Å². The fourth-order valence-electron chi connectivity index (χ4n) is 10.9. The minimum Gasteiger partial charge on any atom is -0.315 e. The third-order valence-corrected chi connectivity index (χ3v) is 14.1. The van der Waals surface area contributed by atoms with Crippen molar-refractivity contribution >= 4 is 60.6 Å². The van der Waals surface area contributed by atoms with E-state index in [1.54, 1.807) is 0 Å². The van der Waals surface area contributed by atoms with E-state index in [4.69, 9.17) is 15.0 Å².